The van der Waals surface area contributed by atoms with Crippen LogP contribution in [0.3, 0.4) is 0 Å². The number of hydrogen-bond acceptors (Lipinski definition) is 6. The van der Waals surface area contributed by atoms with Crippen molar-refractivity contribution in [1.82, 2.24) is 19.9 Å². The van der Waals surface area contributed by atoms with Crippen molar-refractivity contribution in [2.45, 2.75) is 0 Å². The van der Waals surface area contributed by atoms with E-state index in [-0.39, 0.29) is 0 Å². The van der Waals surface area contributed by atoms with Crippen LogP contribution < -0.4 is 0 Å². The predicted molar refractivity (Wildman–Crippen MR) is 509 cm³/mol. The van der Waals surface area contributed by atoms with Crippen molar-refractivity contribution >= 4 is 109 Å². The molecule has 4 heterocycles. The summed E-state index contributed by atoms with van der Waals surface area (Å²) >= 11 is 0. The van der Waals surface area contributed by atoms with Gasteiger partial charge in [-0.15, -0.1) is 0 Å². The van der Waals surface area contributed by atoms with Gasteiger partial charge in [-0.2, -0.15) is 0 Å². The summed E-state index contributed by atoms with van der Waals surface area (Å²) in [5, 5.41) is 19.9. The molecule has 0 spiro atoms. The maximum absolute atomic E-state index is 6.17. The highest BCUT2D eigenvalue weighted by atomic mass is 16.3. The average Bonchev–Trinajstić information content (AvgIpc) is 1.10. The zero-order valence-electron chi connectivity index (χ0n) is 66.2. The lowest BCUT2D eigenvalue weighted by atomic mass is 9.92. The molecular formula is C116H72N4O2. The van der Waals surface area contributed by atoms with Gasteiger partial charge in [-0.05, 0) is 186 Å². The number of hydrogen-bond donors (Lipinski definition) is 0. The van der Waals surface area contributed by atoms with Crippen LogP contribution in [0.4, 0.5) is 0 Å². The first kappa shape index (κ1) is 71.1. The fourth-order valence-corrected chi connectivity index (χ4v) is 18.0. The highest BCUT2D eigenvalue weighted by molar-refractivity contribution is 6.27. The number of furan rings is 2. The van der Waals surface area contributed by atoms with E-state index in [2.05, 4.69) is 394 Å². The summed E-state index contributed by atoms with van der Waals surface area (Å²) in [5.41, 5.74) is 27.2. The van der Waals surface area contributed by atoms with Gasteiger partial charge in [0.1, 0.15) is 22.3 Å². The molecule has 0 saturated heterocycles. The maximum Gasteiger partial charge on any atom is 0.160 e. The van der Waals surface area contributed by atoms with E-state index in [4.69, 9.17) is 28.8 Å². The molecule has 0 fully saturated rings. The number of fused-ring (bicyclic) bond motifs is 18. The molecule has 0 aliphatic heterocycles. The lowest BCUT2D eigenvalue weighted by Gasteiger charge is -2.13. The van der Waals surface area contributed by atoms with Crippen LogP contribution >= 0.6 is 0 Å². The van der Waals surface area contributed by atoms with Crippen LogP contribution in [0, 0.1) is 0 Å². The molecule has 0 amide bonds. The first-order valence-electron chi connectivity index (χ1n) is 41.4. The summed E-state index contributed by atoms with van der Waals surface area (Å²) in [6, 6.07) is 155. The predicted octanol–water partition coefficient (Wildman–Crippen LogP) is 31.7. The van der Waals surface area contributed by atoms with Crippen LogP contribution in [-0.4, -0.2) is 19.9 Å². The van der Waals surface area contributed by atoms with E-state index in [1.54, 1.807) is 0 Å². The van der Waals surface area contributed by atoms with E-state index in [1.807, 2.05) is 42.5 Å². The molecule has 0 radical (unpaired) electrons. The van der Waals surface area contributed by atoms with Gasteiger partial charge in [0, 0.05) is 54.9 Å². The van der Waals surface area contributed by atoms with Gasteiger partial charge in [0.25, 0.3) is 0 Å². The van der Waals surface area contributed by atoms with Crippen molar-refractivity contribution in [2.24, 2.45) is 0 Å². The summed E-state index contributed by atoms with van der Waals surface area (Å²) in [4.78, 5) is 20.6. The number of para-hydroxylation sites is 2. The topological polar surface area (TPSA) is 77.8 Å². The zero-order valence-corrected chi connectivity index (χ0v) is 66.2. The normalized spacial score (nSPS) is 11.6. The molecule has 24 aromatic rings. The fraction of sp³-hybridized carbons (Fsp3) is 0. The maximum atomic E-state index is 6.17. The van der Waals surface area contributed by atoms with Crippen molar-refractivity contribution < 1.29 is 8.83 Å². The molecule has 0 unspecified atom stereocenters. The van der Waals surface area contributed by atoms with Crippen molar-refractivity contribution in [3.8, 4) is 135 Å². The molecule has 0 atom stereocenters. The van der Waals surface area contributed by atoms with E-state index < -0.39 is 0 Å². The molecule has 0 aliphatic rings. The molecule has 122 heavy (non-hydrogen) atoms. The number of benzene rings is 20. The third-order valence-electron chi connectivity index (χ3n) is 24.3. The Labute approximate surface area is 703 Å². The summed E-state index contributed by atoms with van der Waals surface area (Å²) in [6.07, 6.45) is 0. The van der Waals surface area contributed by atoms with Gasteiger partial charge in [0.05, 0.1) is 22.8 Å². The van der Waals surface area contributed by atoms with E-state index in [0.717, 1.165) is 139 Å². The highest BCUT2D eigenvalue weighted by Gasteiger charge is 2.20. The van der Waals surface area contributed by atoms with Crippen molar-refractivity contribution in [1.29, 1.82) is 0 Å². The van der Waals surface area contributed by atoms with E-state index in [1.165, 1.54) is 92.5 Å². The molecule has 0 saturated carbocycles. The molecule has 4 aromatic heterocycles. The van der Waals surface area contributed by atoms with Gasteiger partial charge in [-0.25, -0.2) is 19.9 Å². The van der Waals surface area contributed by atoms with Crippen molar-refractivity contribution in [2.75, 3.05) is 0 Å². The Balaban J connectivity index is 0.000000142. The Morgan fingerprint density at radius 2 is 0.377 bits per heavy atom. The van der Waals surface area contributed by atoms with Crippen LogP contribution in [0.5, 0.6) is 0 Å². The third-order valence-corrected chi connectivity index (χ3v) is 24.3. The standard InChI is InChI=1S/2C58H36N2O/c1-2-11-41(12-3-1)53-36-54(42-29-23-38(24-30-42)37-21-27-40(28-22-37)45-18-10-20-56-57(45)51-17-8-9-19-55(51)61-56)60-58(59-53)43-31-25-39(26-32-43)44-33-34-50-48-15-5-4-13-46(48)47-14-6-7-16-49(47)52(50)35-44;1-2-10-41(11-3-1)54-36-55(42-26-22-38(23-27-42)37-18-20-39(21-19-37)45-31-33-57-53(35-45)51-16-8-9-17-56(51)61-57)60-58(59-54)43-28-24-40(25-29-43)44-30-32-50-48-14-5-4-12-46(48)47-13-6-7-15-49(47)52(50)34-44/h2*1-36H. The van der Waals surface area contributed by atoms with Gasteiger partial charge >= 0.3 is 0 Å². The largest absolute Gasteiger partial charge is 0.456 e. The van der Waals surface area contributed by atoms with E-state index >= 15 is 0 Å². The zero-order chi connectivity index (χ0) is 80.6. The quantitative estimate of drug-likeness (QED) is 0.113. The Kier molecular flexibility index (Phi) is 17.5. The van der Waals surface area contributed by atoms with Gasteiger partial charge in [-0.3, -0.25) is 0 Å². The molecule has 0 N–H and O–H groups in total. The van der Waals surface area contributed by atoms with E-state index in [0.29, 0.717) is 11.6 Å². The molecule has 6 heteroatoms. The van der Waals surface area contributed by atoms with Crippen molar-refractivity contribution in [3.63, 3.8) is 0 Å². The van der Waals surface area contributed by atoms with Crippen LogP contribution in [0.15, 0.2) is 446 Å². The number of rotatable bonds is 12. The second-order valence-electron chi connectivity index (χ2n) is 31.4. The molecule has 568 valence electrons. The minimum absolute atomic E-state index is 0.693. The first-order valence-corrected chi connectivity index (χ1v) is 41.4. The van der Waals surface area contributed by atoms with Gasteiger partial charge in [-0.1, -0.05) is 382 Å². The molecule has 6 nitrogen and oxygen atoms in total. The fourth-order valence-electron chi connectivity index (χ4n) is 18.0. The van der Waals surface area contributed by atoms with Crippen LogP contribution in [0.1, 0.15) is 0 Å². The van der Waals surface area contributed by atoms with Crippen LogP contribution in [0.2, 0.25) is 0 Å². The summed E-state index contributed by atoms with van der Waals surface area (Å²) in [6.45, 7) is 0. The van der Waals surface area contributed by atoms with Gasteiger partial charge in [0.2, 0.25) is 0 Å². The third kappa shape index (κ3) is 12.9. The SMILES string of the molecule is c1ccc(-c2cc(-c3ccc(-c4ccc(-c5ccc6oc7ccccc7c6c5)cc4)cc3)nc(-c3ccc(-c4ccc5c6ccccc6c6ccccc6c5c4)cc3)n2)cc1.c1ccc(-c2cc(-c3ccc(-c4ccc(-c5cccc6oc7ccccc7c56)cc4)cc3)nc(-c3ccc(-c4ccc5c6ccccc6c6ccccc6c5c4)cc3)n2)cc1. The smallest absolute Gasteiger partial charge is 0.160 e. The van der Waals surface area contributed by atoms with Gasteiger partial charge < -0.3 is 8.83 Å². The second kappa shape index (κ2) is 30.0. The summed E-state index contributed by atoms with van der Waals surface area (Å²) in [7, 11) is 0. The van der Waals surface area contributed by atoms with Crippen LogP contribution in [-0.2, 0) is 0 Å². The molecule has 0 bridgehead atoms. The minimum atomic E-state index is 0.693. The monoisotopic (exact) mass is 1550 g/mol. The lowest BCUT2D eigenvalue weighted by Crippen LogP contribution is -1.96. The molecule has 0 aliphatic carbocycles. The Morgan fingerprint density at radius 1 is 0.131 bits per heavy atom. The van der Waals surface area contributed by atoms with Crippen LogP contribution in [0.25, 0.3) is 243 Å². The number of aromatic nitrogens is 4. The Bertz CT molecular complexity index is 8110. The second-order valence-corrected chi connectivity index (χ2v) is 31.4. The Morgan fingerprint density at radius 3 is 0.770 bits per heavy atom. The van der Waals surface area contributed by atoms with Gasteiger partial charge in [0.15, 0.2) is 11.6 Å². The highest BCUT2D eigenvalue weighted by Crippen LogP contribution is 2.44. The molecule has 20 aromatic carbocycles. The average molecular weight is 1550 g/mol. The minimum Gasteiger partial charge on any atom is -0.456 e. The van der Waals surface area contributed by atoms with E-state index in [9.17, 15) is 0 Å². The van der Waals surface area contributed by atoms with Crippen molar-refractivity contribution in [3.05, 3.63) is 437 Å². The molecular weight excluding hydrogens is 1480 g/mol. The molecule has 24 rings (SSSR count). The lowest BCUT2D eigenvalue weighted by molar-refractivity contribution is 0.668. The summed E-state index contributed by atoms with van der Waals surface area (Å²) < 4.78 is 12.2. The summed E-state index contributed by atoms with van der Waals surface area (Å²) in [5.74, 6) is 1.39. The number of nitrogens with zero attached hydrogens (tertiary/aromatic N) is 4. The Hall–Kier alpha value is -16.3. The first-order chi connectivity index (χ1) is 60.4.